The van der Waals surface area contributed by atoms with E-state index in [1.807, 2.05) is 24.4 Å². The highest BCUT2D eigenvalue weighted by Crippen LogP contribution is 2.34. The summed E-state index contributed by atoms with van der Waals surface area (Å²) in [5.74, 6) is 1.12. The number of hydrogen-bond acceptors (Lipinski definition) is 7. The minimum atomic E-state index is -0.0142. The quantitative estimate of drug-likeness (QED) is 0.559. The van der Waals surface area contributed by atoms with Crippen LogP contribution < -0.4 is 16.0 Å². The topological polar surface area (TPSA) is 105 Å². The van der Waals surface area contributed by atoms with Gasteiger partial charge in [0, 0.05) is 51.4 Å². The molecule has 0 radical (unpaired) electrons. The van der Waals surface area contributed by atoms with Crippen molar-refractivity contribution in [2.45, 2.75) is 38.6 Å². The first-order chi connectivity index (χ1) is 15.5. The van der Waals surface area contributed by atoms with E-state index in [2.05, 4.69) is 31.7 Å². The number of pyridine rings is 1. The van der Waals surface area contributed by atoms with Crippen LogP contribution >= 0.6 is 0 Å². The molecule has 0 saturated heterocycles. The summed E-state index contributed by atoms with van der Waals surface area (Å²) in [5, 5.41) is 4.08. The van der Waals surface area contributed by atoms with E-state index in [0.717, 1.165) is 42.7 Å². The van der Waals surface area contributed by atoms with Gasteiger partial charge in [-0.25, -0.2) is 9.97 Å². The first kappa shape index (κ1) is 22.0. The van der Waals surface area contributed by atoms with E-state index >= 15 is 0 Å². The number of nitrogens with two attached hydrogens (primary N) is 1. The number of amides is 1. The second-order valence-electron chi connectivity index (χ2n) is 8.40. The first-order valence-corrected chi connectivity index (χ1v) is 11.3. The van der Waals surface area contributed by atoms with Crippen LogP contribution in [0.3, 0.4) is 0 Å². The standard InChI is InChI=1S/C23H32N8O/c1-4-30(12-11-24)18-9-10-20(25-15-18)27-23-26-14-16-13-19(22(32)29(2)3)31(21(16)28-23)17-7-5-6-8-17/h9-10,13-15,17H,4-8,11-12,24H2,1-3H3,(H,25,26,27,28). The molecule has 0 aromatic carbocycles. The van der Waals surface area contributed by atoms with Gasteiger partial charge < -0.3 is 25.4 Å². The van der Waals surface area contributed by atoms with E-state index in [1.54, 1.807) is 25.2 Å². The molecule has 1 saturated carbocycles. The Hall–Kier alpha value is -3.20. The number of carbonyl (C=O) groups is 1. The van der Waals surface area contributed by atoms with Crippen molar-refractivity contribution in [3.8, 4) is 0 Å². The molecule has 9 nitrogen and oxygen atoms in total. The molecule has 3 heterocycles. The van der Waals surface area contributed by atoms with Crippen molar-refractivity contribution in [3.05, 3.63) is 36.3 Å². The molecule has 1 aliphatic carbocycles. The largest absolute Gasteiger partial charge is 0.369 e. The predicted octanol–water partition coefficient (Wildman–Crippen LogP) is 3.17. The summed E-state index contributed by atoms with van der Waals surface area (Å²) in [5.41, 5.74) is 8.19. The maximum absolute atomic E-state index is 12.8. The van der Waals surface area contributed by atoms with Crippen molar-refractivity contribution in [2.75, 3.05) is 43.9 Å². The van der Waals surface area contributed by atoms with E-state index in [0.29, 0.717) is 24.0 Å². The minimum Gasteiger partial charge on any atom is -0.369 e. The third-order valence-corrected chi connectivity index (χ3v) is 6.02. The number of nitrogens with zero attached hydrogens (tertiary/aromatic N) is 6. The Balaban J connectivity index is 1.64. The highest BCUT2D eigenvalue weighted by molar-refractivity contribution is 5.97. The van der Waals surface area contributed by atoms with E-state index in [1.165, 1.54) is 12.8 Å². The Morgan fingerprint density at radius 2 is 2.00 bits per heavy atom. The summed E-state index contributed by atoms with van der Waals surface area (Å²) < 4.78 is 2.11. The van der Waals surface area contributed by atoms with Crippen molar-refractivity contribution < 1.29 is 4.79 Å². The van der Waals surface area contributed by atoms with Crippen molar-refractivity contribution in [2.24, 2.45) is 5.73 Å². The van der Waals surface area contributed by atoms with Gasteiger partial charge in [0.25, 0.3) is 5.91 Å². The fraction of sp³-hybridized carbons (Fsp3) is 0.478. The molecule has 9 heteroatoms. The van der Waals surface area contributed by atoms with Crippen molar-refractivity contribution in [3.63, 3.8) is 0 Å². The average Bonchev–Trinajstić information content (AvgIpc) is 3.45. The highest BCUT2D eigenvalue weighted by atomic mass is 16.2. The molecule has 170 valence electrons. The van der Waals surface area contributed by atoms with Gasteiger partial charge in [-0.2, -0.15) is 4.98 Å². The lowest BCUT2D eigenvalue weighted by atomic mass is 10.2. The molecule has 1 amide bonds. The molecule has 32 heavy (non-hydrogen) atoms. The normalized spacial score (nSPS) is 14.1. The summed E-state index contributed by atoms with van der Waals surface area (Å²) in [4.78, 5) is 30.4. The van der Waals surface area contributed by atoms with Crippen LogP contribution in [-0.4, -0.2) is 64.1 Å². The number of aromatic nitrogens is 4. The second-order valence-corrected chi connectivity index (χ2v) is 8.40. The number of likely N-dealkylation sites (N-methyl/N-ethyl adjacent to an activating group) is 1. The van der Waals surface area contributed by atoms with Gasteiger partial charge in [-0.15, -0.1) is 0 Å². The monoisotopic (exact) mass is 436 g/mol. The summed E-state index contributed by atoms with van der Waals surface area (Å²) in [6.45, 7) is 4.36. The Kier molecular flexibility index (Phi) is 6.55. The van der Waals surface area contributed by atoms with Crippen LogP contribution in [0.5, 0.6) is 0 Å². The second kappa shape index (κ2) is 9.52. The number of anilines is 3. The third kappa shape index (κ3) is 4.38. The van der Waals surface area contributed by atoms with Crippen LogP contribution in [0.4, 0.5) is 17.5 Å². The maximum atomic E-state index is 12.8. The lowest BCUT2D eigenvalue weighted by Gasteiger charge is -2.21. The Morgan fingerprint density at radius 1 is 1.22 bits per heavy atom. The zero-order chi connectivity index (χ0) is 22.7. The molecule has 1 fully saturated rings. The number of rotatable bonds is 8. The van der Waals surface area contributed by atoms with E-state index in [-0.39, 0.29) is 11.9 Å². The molecule has 0 unspecified atom stereocenters. The SMILES string of the molecule is CCN(CCN)c1ccc(Nc2ncc3cc(C(=O)N(C)C)n(C4CCCC4)c3n2)nc1. The number of carbonyl (C=O) groups excluding carboxylic acids is 1. The van der Waals surface area contributed by atoms with E-state index in [9.17, 15) is 4.79 Å². The Morgan fingerprint density at radius 3 is 2.62 bits per heavy atom. The molecule has 4 rings (SSSR count). The number of fused-ring (bicyclic) bond motifs is 1. The zero-order valence-corrected chi connectivity index (χ0v) is 19.1. The average molecular weight is 437 g/mol. The molecule has 0 bridgehead atoms. The van der Waals surface area contributed by atoms with E-state index in [4.69, 9.17) is 10.7 Å². The summed E-state index contributed by atoms with van der Waals surface area (Å²) in [6.07, 6.45) is 8.07. The van der Waals surface area contributed by atoms with Gasteiger partial charge in [-0.3, -0.25) is 4.79 Å². The predicted molar refractivity (Wildman–Crippen MR) is 128 cm³/mol. The fourth-order valence-electron chi connectivity index (χ4n) is 4.38. The number of hydrogen-bond donors (Lipinski definition) is 2. The molecule has 3 aromatic heterocycles. The smallest absolute Gasteiger partial charge is 0.270 e. The first-order valence-electron chi connectivity index (χ1n) is 11.3. The lowest BCUT2D eigenvalue weighted by molar-refractivity contribution is 0.0815. The third-order valence-electron chi connectivity index (χ3n) is 6.02. The van der Waals surface area contributed by atoms with Crippen molar-refractivity contribution in [1.29, 1.82) is 0 Å². The molecule has 0 spiro atoms. The van der Waals surface area contributed by atoms with Gasteiger partial charge in [0.2, 0.25) is 5.95 Å². The summed E-state index contributed by atoms with van der Waals surface area (Å²) in [6, 6.07) is 6.12. The van der Waals surface area contributed by atoms with Crippen LogP contribution in [0, 0.1) is 0 Å². The van der Waals surface area contributed by atoms with Gasteiger partial charge in [0.1, 0.15) is 17.2 Å². The van der Waals surface area contributed by atoms with Crippen molar-refractivity contribution in [1.82, 2.24) is 24.4 Å². The van der Waals surface area contributed by atoms with Crippen LogP contribution in [0.25, 0.3) is 11.0 Å². The minimum absolute atomic E-state index is 0.0142. The Bertz CT molecular complexity index is 1070. The molecule has 3 N–H and O–H groups in total. The fourth-order valence-corrected chi connectivity index (χ4v) is 4.38. The number of nitrogens with one attached hydrogen (secondary N) is 1. The van der Waals surface area contributed by atoms with Gasteiger partial charge in [-0.05, 0) is 38.0 Å². The van der Waals surface area contributed by atoms with Gasteiger partial charge in [0.15, 0.2) is 0 Å². The van der Waals surface area contributed by atoms with Crippen LogP contribution in [0.15, 0.2) is 30.6 Å². The highest BCUT2D eigenvalue weighted by Gasteiger charge is 2.26. The molecule has 3 aromatic rings. The summed E-state index contributed by atoms with van der Waals surface area (Å²) in [7, 11) is 3.56. The van der Waals surface area contributed by atoms with Gasteiger partial charge in [-0.1, -0.05) is 12.8 Å². The van der Waals surface area contributed by atoms with Crippen LogP contribution in [0.1, 0.15) is 49.1 Å². The summed E-state index contributed by atoms with van der Waals surface area (Å²) >= 11 is 0. The molecular weight excluding hydrogens is 404 g/mol. The lowest BCUT2D eigenvalue weighted by Crippen LogP contribution is -2.29. The molecule has 0 atom stereocenters. The maximum Gasteiger partial charge on any atom is 0.270 e. The Labute approximate surface area is 188 Å². The van der Waals surface area contributed by atoms with Gasteiger partial charge in [0.05, 0.1) is 11.9 Å². The van der Waals surface area contributed by atoms with Gasteiger partial charge >= 0.3 is 0 Å². The van der Waals surface area contributed by atoms with Crippen molar-refractivity contribution >= 4 is 34.4 Å². The van der Waals surface area contributed by atoms with Crippen LogP contribution in [0.2, 0.25) is 0 Å². The molecule has 0 aliphatic heterocycles. The molecule has 1 aliphatic rings. The van der Waals surface area contributed by atoms with Crippen LogP contribution in [-0.2, 0) is 0 Å². The molecular formula is C23H32N8O. The van der Waals surface area contributed by atoms with E-state index < -0.39 is 0 Å². The zero-order valence-electron chi connectivity index (χ0n) is 19.1.